The van der Waals surface area contributed by atoms with Crippen LogP contribution in [0.25, 0.3) is 0 Å². The zero-order valence-electron chi connectivity index (χ0n) is 6.25. The highest BCUT2D eigenvalue weighted by Crippen LogP contribution is 2.19. The molecule has 5 nitrogen and oxygen atoms in total. The summed E-state index contributed by atoms with van der Waals surface area (Å²) >= 11 is 0. The molecule has 0 saturated heterocycles. The van der Waals surface area contributed by atoms with E-state index in [0.29, 0.717) is 11.3 Å². The maximum absolute atomic E-state index is 10.2. The topological polar surface area (TPSA) is 78.3 Å². The number of primary amides is 1. The van der Waals surface area contributed by atoms with E-state index in [1.807, 2.05) is 0 Å². The monoisotopic (exact) mass is 156 g/mol. The Labute approximate surface area is 63.1 Å². The van der Waals surface area contributed by atoms with Gasteiger partial charge in [0, 0.05) is 0 Å². The number of amides is 1. The van der Waals surface area contributed by atoms with Crippen LogP contribution in [0.4, 0.5) is 4.79 Å². The van der Waals surface area contributed by atoms with E-state index in [9.17, 15) is 4.79 Å². The lowest BCUT2D eigenvalue weighted by atomic mass is 10.3. The predicted octanol–water partition coefficient (Wildman–Crippen LogP) is 0.749. The minimum Gasteiger partial charge on any atom is -0.374 e. The van der Waals surface area contributed by atoms with E-state index in [2.05, 4.69) is 14.4 Å². The third-order valence-corrected chi connectivity index (χ3v) is 1.31. The summed E-state index contributed by atoms with van der Waals surface area (Å²) in [6, 6.07) is 0. The van der Waals surface area contributed by atoms with Crippen LogP contribution in [0.15, 0.2) is 4.52 Å². The van der Waals surface area contributed by atoms with E-state index in [4.69, 9.17) is 5.73 Å². The molecule has 60 valence electrons. The van der Waals surface area contributed by atoms with Crippen molar-refractivity contribution in [1.29, 1.82) is 0 Å². The number of aryl methyl sites for hydroxylation is 1. The number of rotatable bonds is 1. The van der Waals surface area contributed by atoms with Crippen molar-refractivity contribution >= 4 is 6.09 Å². The average Bonchev–Trinajstić information content (AvgIpc) is 2.18. The molecule has 0 spiro atoms. The Kier molecular flexibility index (Phi) is 1.80. The second kappa shape index (κ2) is 2.61. The van der Waals surface area contributed by atoms with Crippen molar-refractivity contribution in [3.8, 4) is 5.95 Å². The van der Waals surface area contributed by atoms with Gasteiger partial charge in [-0.2, -0.15) is 0 Å². The first-order valence-electron chi connectivity index (χ1n) is 3.01. The van der Waals surface area contributed by atoms with Crippen molar-refractivity contribution in [1.82, 2.24) is 5.16 Å². The lowest BCUT2D eigenvalue weighted by Gasteiger charge is -1.93. The third-order valence-electron chi connectivity index (χ3n) is 1.31. The highest BCUT2D eigenvalue weighted by Gasteiger charge is 2.11. The Hall–Kier alpha value is -1.52. The summed E-state index contributed by atoms with van der Waals surface area (Å²) in [6.07, 6.45) is -0.899. The fourth-order valence-corrected chi connectivity index (χ4v) is 0.581. The number of ether oxygens (including phenoxy) is 1. The number of nitrogens with zero attached hydrogens (tertiary/aromatic N) is 1. The van der Waals surface area contributed by atoms with Crippen LogP contribution >= 0.6 is 0 Å². The van der Waals surface area contributed by atoms with Gasteiger partial charge in [0.05, 0.1) is 11.3 Å². The minimum atomic E-state index is -0.899. The molecular weight excluding hydrogens is 148 g/mol. The van der Waals surface area contributed by atoms with E-state index in [1.165, 1.54) is 0 Å². The SMILES string of the molecule is Cc1noc(OC(N)=O)c1C. The molecule has 2 N–H and O–H groups in total. The van der Waals surface area contributed by atoms with Crippen molar-refractivity contribution in [2.24, 2.45) is 5.73 Å². The van der Waals surface area contributed by atoms with Crippen LogP contribution < -0.4 is 10.5 Å². The highest BCUT2D eigenvalue weighted by atomic mass is 16.7. The molecule has 1 amide bonds. The minimum absolute atomic E-state index is 0.0648. The summed E-state index contributed by atoms with van der Waals surface area (Å²) in [4.78, 5) is 10.2. The largest absolute Gasteiger partial charge is 0.412 e. The lowest BCUT2D eigenvalue weighted by molar-refractivity contribution is 0.190. The molecule has 0 unspecified atom stereocenters. The third kappa shape index (κ3) is 1.49. The molecule has 0 bridgehead atoms. The second-order valence-corrected chi connectivity index (χ2v) is 2.10. The first kappa shape index (κ1) is 7.59. The van der Waals surface area contributed by atoms with Gasteiger partial charge in [-0.15, -0.1) is 0 Å². The van der Waals surface area contributed by atoms with Crippen molar-refractivity contribution < 1.29 is 14.1 Å². The van der Waals surface area contributed by atoms with E-state index in [0.717, 1.165) is 0 Å². The molecule has 0 aliphatic heterocycles. The van der Waals surface area contributed by atoms with Gasteiger partial charge in [-0.05, 0) is 13.8 Å². The number of hydrogen-bond acceptors (Lipinski definition) is 4. The van der Waals surface area contributed by atoms with Crippen LogP contribution in [0.3, 0.4) is 0 Å². The lowest BCUT2D eigenvalue weighted by Crippen LogP contribution is -2.16. The van der Waals surface area contributed by atoms with Crippen molar-refractivity contribution in [3.05, 3.63) is 11.3 Å². The number of carbonyl (C=O) groups excluding carboxylic acids is 1. The van der Waals surface area contributed by atoms with Gasteiger partial charge < -0.3 is 15.0 Å². The standard InChI is InChI=1S/C6H8N2O3/c1-3-4(2)8-11-5(3)10-6(7)9/h1-2H3,(H2,7,9). The van der Waals surface area contributed by atoms with Crippen LogP contribution in [-0.4, -0.2) is 11.2 Å². The molecule has 1 rings (SSSR count). The Morgan fingerprint density at radius 2 is 2.27 bits per heavy atom. The molecule has 5 heteroatoms. The van der Waals surface area contributed by atoms with E-state index >= 15 is 0 Å². The molecule has 0 aliphatic rings. The van der Waals surface area contributed by atoms with Crippen LogP contribution in [0, 0.1) is 13.8 Å². The van der Waals surface area contributed by atoms with E-state index < -0.39 is 6.09 Å². The summed E-state index contributed by atoms with van der Waals surface area (Å²) in [5.74, 6) is 0.0648. The Balaban J connectivity index is 2.87. The van der Waals surface area contributed by atoms with Crippen molar-refractivity contribution in [3.63, 3.8) is 0 Å². The zero-order valence-corrected chi connectivity index (χ0v) is 6.25. The van der Waals surface area contributed by atoms with Gasteiger partial charge in [-0.3, -0.25) is 0 Å². The number of nitrogens with two attached hydrogens (primary N) is 1. The highest BCUT2D eigenvalue weighted by molar-refractivity contribution is 5.67. The van der Waals surface area contributed by atoms with Crippen molar-refractivity contribution in [2.75, 3.05) is 0 Å². The quantitative estimate of drug-likeness (QED) is 0.650. The van der Waals surface area contributed by atoms with E-state index in [-0.39, 0.29) is 5.95 Å². The fourth-order valence-electron chi connectivity index (χ4n) is 0.581. The Bertz CT molecular complexity index is 279. The summed E-state index contributed by atoms with van der Waals surface area (Å²) < 4.78 is 9.11. The molecule has 1 aromatic heterocycles. The summed E-state index contributed by atoms with van der Waals surface area (Å²) in [5.41, 5.74) is 6.12. The normalized spacial score (nSPS) is 9.64. The predicted molar refractivity (Wildman–Crippen MR) is 36.2 cm³/mol. The Morgan fingerprint density at radius 1 is 1.64 bits per heavy atom. The van der Waals surface area contributed by atoms with Crippen LogP contribution in [-0.2, 0) is 0 Å². The van der Waals surface area contributed by atoms with Gasteiger partial charge in [0.2, 0.25) is 0 Å². The summed E-state index contributed by atoms with van der Waals surface area (Å²) in [5, 5.41) is 3.56. The number of aromatic nitrogens is 1. The number of carbonyl (C=O) groups is 1. The van der Waals surface area contributed by atoms with Gasteiger partial charge in [-0.1, -0.05) is 5.16 Å². The zero-order chi connectivity index (χ0) is 8.43. The van der Waals surface area contributed by atoms with Gasteiger partial charge in [-0.25, -0.2) is 4.79 Å². The van der Waals surface area contributed by atoms with Crippen LogP contribution in [0.2, 0.25) is 0 Å². The maximum Gasteiger partial charge on any atom is 0.412 e. The molecule has 0 fully saturated rings. The number of hydrogen-bond donors (Lipinski definition) is 1. The molecule has 1 heterocycles. The van der Waals surface area contributed by atoms with Gasteiger partial charge in [0.15, 0.2) is 0 Å². The Morgan fingerprint density at radius 3 is 2.64 bits per heavy atom. The molecule has 0 aliphatic carbocycles. The molecule has 1 aromatic rings. The summed E-state index contributed by atoms with van der Waals surface area (Å²) in [6.45, 7) is 3.47. The fraction of sp³-hybridized carbons (Fsp3) is 0.333. The van der Waals surface area contributed by atoms with Crippen LogP contribution in [0.1, 0.15) is 11.3 Å². The van der Waals surface area contributed by atoms with Gasteiger partial charge in [0.25, 0.3) is 0 Å². The van der Waals surface area contributed by atoms with Gasteiger partial charge >= 0.3 is 12.0 Å². The van der Waals surface area contributed by atoms with Crippen molar-refractivity contribution in [2.45, 2.75) is 13.8 Å². The molecule has 0 aromatic carbocycles. The molecule has 11 heavy (non-hydrogen) atoms. The van der Waals surface area contributed by atoms with Gasteiger partial charge in [0.1, 0.15) is 0 Å². The molecule has 0 atom stereocenters. The first-order chi connectivity index (χ1) is 5.11. The van der Waals surface area contributed by atoms with Crippen LogP contribution in [0.5, 0.6) is 5.95 Å². The molecule has 0 radical (unpaired) electrons. The summed E-state index contributed by atoms with van der Waals surface area (Å²) in [7, 11) is 0. The second-order valence-electron chi connectivity index (χ2n) is 2.10. The maximum atomic E-state index is 10.2. The van der Waals surface area contributed by atoms with E-state index in [1.54, 1.807) is 13.8 Å². The molecular formula is C6H8N2O3. The molecule has 0 saturated carbocycles. The smallest absolute Gasteiger partial charge is 0.374 e. The average molecular weight is 156 g/mol. The first-order valence-corrected chi connectivity index (χ1v) is 3.01.